The number of rotatable bonds is 9. The minimum atomic E-state index is -0.529. The van der Waals surface area contributed by atoms with Gasteiger partial charge in [-0.25, -0.2) is 4.79 Å². The standard InChI is InChI=1S/C24H27NO6/c1-25(21(16-28-2)23(27)29-3)19-11-7-10-18(14-19)24-30-15-20(31-24)12-13-22(26)17-8-5-4-6-9-17/h4-11,14,16,20,24H,12-13,15H2,1-3H3. The normalized spacial score (nSPS) is 18.5. The van der Waals surface area contributed by atoms with Crippen LogP contribution in [0.15, 0.2) is 66.6 Å². The average molecular weight is 425 g/mol. The van der Waals surface area contributed by atoms with Gasteiger partial charge in [-0.2, -0.15) is 0 Å². The monoisotopic (exact) mass is 425 g/mol. The van der Waals surface area contributed by atoms with Crippen LogP contribution in [0.25, 0.3) is 0 Å². The SMILES string of the molecule is COC=C(C(=O)OC)N(C)c1cccc(C2OCC(CCC(=O)c3ccccc3)O2)c1. The zero-order chi connectivity index (χ0) is 22.2. The summed E-state index contributed by atoms with van der Waals surface area (Å²) in [4.78, 5) is 26.0. The summed E-state index contributed by atoms with van der Waals surface area (Å²) in [5.41, 5.74) is 2.54. The number of ketones is 1. The molecule has 0 spiro atoms. The molecule has 7 heteroatoms. The maximum Gasteiger partial charge on any atom is 0.357 e. The van der Waals surface area contributed by atoms with Crippen LogP contribution in [0.3, 0.4) is 0 Å². The molecule has 2 aromatic carbocycles. The summed E-state index contributed by atoms with van der Waals surface area (Å²) in [5.74, 6) is -0.414. The van der Waals surface area contributed by atoms with Gasteiger partial charge in [-0.05, 0) is 18.6 Å². The lowest BCUT2D eigenvalue weighted by molar-refractivity contribution is -0.136. The van der Waals surface area contributed by atoms with Crippen LogP contribution in [0.2, 0.25) is 0 Å². The Morgan fingerprint density at radius 2 is 1.90 bits per heavy atom. The summed E-state index contributed by atoms with van der Waals surface area (Å²) >= 11 is 0. The second-order valence-corrected chi connectivity index (χ2v) is 7.14. The average Bonchev–Trinajstić information content (AvgIpc) is 3.30. The molecule has 1 aliphatic rings. The fourth-order valence-corrected chi connectivity index (χ4v) is 3.33. The first-order valence-electron chi connectivity index (χ1n) is 10.0. The summed E-state index contributed by atoms with van der Waals surface area (Å²) in [6, 6.07) is 16.8. The van der Waals surface area contributed by atoms with Crippen LogP contribution >= 0.6 is 0 Å². The van der Waals surface area contributed by atoms with Crippen LogP contribution in [-0.4, -0.2) is 45.7 Å². The number of anilines is 1. The van der Waals surface area contributed by atoms with E-state index >= 15 is 0 Å². The number of nitrogens with zero attached hydrogens (tertiary/aromatic N) is 1. The fraction of sp³-hybridized carbons (Fsp3) is 0.333. The van der Waals surface area contributed by atoms with E-state index in [4.69, 9.17) is 18.9 Å². The summed E-state index contributed by atoms with van der Waals surface area (Å²) < 4.78 is 21.7. The van der Waals surface area contributed by atoms with Gasteiger partial charge in [0, 0.05) is 30.3 Å². The van der Waals surface area contributed by atoms with E-state index in [1.807, 2.05) is 54.6 Å². The van der Waals surface area contributed by atoms with Gasteiger partial charge in [-0.1, -0.05) is 42.5 Å². The third kappa shape index (κ3) is 5.71. The number of likely N-dealkylation sites (N-methyl/N-ethyl adjacent to an activating group) is 1. The molecule has 1 fully saturated rings. The van der Waals surface area contributed by atoms with Gasteiger partial charge < -0.3 is 23.8 Å². The predicted octanol–water partition coefficient (Wildman–Crippen LogP) is 3.86. The van der Waals surface area contributed by atoms with Crippen LogP contribution in [-0.2, 0) is 23.7 Å². The van der Waals surface area contributed by atoms with E-state index in [0.29, 0.717) is 25.0 Å². The van der Waals surface area contributed by atoms with E-state index in [0.717, 1.165) is 11.3 Å². The van der Waals surface area contributed by atoms with Crippen molar-refractivity contribution in [2.75, 3.05) is 32.8 Å². The number of hydrogen-bond donors (Lipinski definition) is 0. The van der Waals surface area contributed by atoms with Crippen molar-refractivity contribution in [3.8, 4) is 0 Å². The molecule has 0 aromatic heterocycles. The molecular formula is C24H27NO6. The molecule has 1 heterocycles. The first-order valence-corrected chi connectivity index (χ1v) is 10.0. The highest BCUT2D eigenvalue weighted by Crippen LogP contribution is 2.31. The molecule has 0 amide bonds. The van der Waals surface area contributed by atoms with Gasteiger partial charge in [0.05, 0.1) is 26.9 Å². The minimum Gasteiger partial charge on any atom is -0.502 e. The number of benzene rings is 2. The summed E-state index contributed by atoms with van der Waals surface area (Å²) in [7, 11) is 4.53. The topological polar surface area (TPSA) is 74.3 Å². The highest BCUT2D eigenvalue weighted by Gasteiger charge is 2.28. The smallest absolute Gasteiger partial charge is 0.357 e. The maximum absolute atomic E-state index is 12.3. The molecule has 0 N–H and O–H groups in total. The molecule has 2 atom stereocenters. The highest BCUT2D eigenvalue weighted by molar-refractivity contribution is 5.96. The second kappa shape index (κ2) is 10.7. The lowest BCUT2D eigenvalue weighted by Crippen LogP contribution is -2.24. The van der Waals surface area contributed by atoms with Crippen LogP contribution in [0, 0.1) is 0 Å². The number of hydrogen-bond acceptors (Lipinski definition) is 7. The minimum absolute atomic E-state index is 0.0940. The van der Waals surface area contributed by atoms with Crippen LogP contribution in [0.4, 0.5) is 5.69 Å². The number of ether oxygens (including phenoxy) is 4. The van der Waals surface area contributed by atoms with Crippen molar-refractivity contribution in [3.63, 3.8) is 0 Å². The Morgan fingerprint density at radius 1 is 1.13 bits per heavy atom. The van der Waals surface area contributed by atoms with Gasteiger partial charge >= 0.3 is 5.97 Å². The van der Waals surface area contributed by atoms with Gasteiger partial charge in [0.15, 0.2) is 17.8 Å². The van der Waals surface area contributed by atoms with Gasteiger partial charge in [-0.15, -0.1) is 0 Å². The molecule has 2 aromatic rings. The maximum atomic E-state index is 12.3. The summed E-state index contributed by atoms with van der Waals surface area (Å²) in [6.45, 7) is 0.420. The van der Waals surface area contributed by atoms with Crippen molar-refractivity contribution in [2.45, 2.75) is 25.2 Å². The number of methoxy groups -OCH3 is 2. The van der Waals surface area contributed by atoms with E-state index < -0.39 is 12.3 Å². The van der Waals surface area contributed by atoms with Crippen molar-refractivity contribution in [2.24, 2.45) is 0 Å². The van der Waals surface area contributed by atoms with Crippen LogP contribution < -0.4 is 4.90 Å². The number of carbonyl (C=O) groups is 2. The van der Waals surface area contributed by atoms with E-state index in [1.54, 1.807) is 11.9 Å². The van der Waals surface area contributed by atoms with Gasteiger partial charge in [0.2, 0.25) is 0 Å². The molecular weight excluding hydrogens is 398 g/mol. The fourth-order valence-electron chi connectivity index (χ4n) is 3.33. The van der Waals surface area contributed by atoms with Crippen molar-refractivity contribution in [1.82, 2.24) is 0 Å². The Kier molecular flexibility index (Phi) is 7.81. The molecule has 2 unspecified atom stereocenters. The van der Waals surface area contributed by atoms with E-state index in [1.165, 1.54) is 20.5 Å². The van der Waals surface area contributed by atoms with E-state index in [2.05, 4.69) is 0 Å². The highest BCUT2D eigenvalue weighted by atomic mass is 16.7. The summed E-state index contributed by atoms with van der Waals surface area (Å²) in [5, 5.41) is 0. The zero-order valence-corrected chi connectivity index (χ0v) is 17.9. The lowest BCUT2D eigenvalue weighted by atomic mass is 10.0. The quantitative estimate of drug-likeness (QED) is 0.261. The van der Waals surface area contributed by atoms with E-state index in [9.17, 15) is 9.59 Å². The van der Waals surface area contributed by atoms with Gasteiger partial charge in [-0.3, -0.25) is 4.79 Å². The van der Waals surface area contributed by atoms with Crippen LogP contribution in [0.5, 0.6) is 0 Å². The van der Waals surface area contributed by atoms with Gasteiger partial charge in [0.1, 0.15) is 6.26 Å². The molecule has 0 radical (unpaired) electrons. The van der Waals surface area contributed by atoms with Crippen LogP contribution in [0.1, 0.15) is 35.1 Å². The molecule has 31 heavy (non-hydrogen) atoms. The van der Waals surface area contributed by atoms with Crippen molar-refractivity contribution < 1.29 is 28.5 Å². The lowest BCUT2D eigenvalue weighted by Gasteiger charge is -2.22. The Bertz CT molecular complexity index is 927. The first-order chi connectivity index (χ1) is 15.0. The Morgan fingerprint density at radius 3 is 2.61 bits per heavy atom. The largest absolute Gasteiger partial charge is 0.502 e. The third-order valence-electron chi connectivity index (χ3n) is 5.05. The molecule has 7 nitrogen and oxygen atoms in total. The number of esters is 1. The predicted molar refractivity (Wildman–Crippen MR) is 116 cm³/mol. The summed E-state index contributed by atoms with van der Waals surface area (Å²) in [6.07, 6.45) is 1.64. The molecule has 0 aliphatic carbocycles. The molecule has 0 saturated carbocycles. The van der Waals surface area contributed by atoms with Gasteiger partial charge in [0.25, 0.3) is 0 Å². The third-order valence-corrected chi connectivity index (χ3v) is 5.05. The van der Waals surface area contributed by atoms with Crippen molar-refractivity contribution >= 4 is 17.4 Å². The molecule has 3 rings (SSSR count). The zero-order valence-electron chi connectivity index (χ0n) is 17.9. The molecule has 164 valence electrons. The second-order valence-electron chi connectivity index (χ2n) is 7.14. The number of carbonyl (C=O) groups excluding carboxylic acids is 2. The Labute approximate surface area is 182 Å². The first kappa shape index (κ1) is 22.5. The molecule has 0 bridgehead atoms. The number of Topliss-reactive ketones (excluding diaryl/α,β-unsaturated/α-hetero) is 1. The van der Waals surface area contributed by atoms with E-state index in [-0.39, 0.29) is 17.6 Å². The Balaban J connectivity index is 1.62. The molecule has 1 aliphatic heterocycles. The van der Waals surface area contributed by atoms with Crippen molar-refractivity contribution in [1.29, 1.82) is 0 Å². The molecule has 1 saturated heterocycles. The Hall–Kier alpha value is -3.16. The van der Waals surface area contributed by atoms with Crippen molar-refractivity contribution in [3.05, 3.63) is 77.7 Å².